The summed E-state index contributed by atoms with van der Waals surface area (Å²) in [6.07, 6.45) is 1.29. The third-order valence-corrected chi connectivity index (χ3v) is 5.35. The van der Waals surface area contributed by atoms with Crippen LogP contribution in [-0.4, -0.2) is 37.2 Å². The third-order valence-electron chi connectivity index (χ3n) is 5.35. The molecule has 2 atom stereocenters. The molecule has 0 radical (unpaired) electrons. The molecule has 0 bridgehead atoms. The van der Waals surface area contributed by atoms with E-state index in [1.165, 1.54) is 0 Å². The van der Waals surface area contributed by atoms with Gasteiger partial charge in [-0.25, -0.2) is 0 Å². The molecule has 0 saturated carbocycles. The molecule has 0 unspecified atom stereocenters. The lowest BCUT2D eigenvalue weighted by molar-refractivity contribution is -0.122. The fraction of sp³-hybridized carbons (Fsp3) is 0.280. The first-order chi connectivity index (χ1) is 15.1. The van der Waals surface area contributed by atoms with Crippen LogP contribution in [-0.2, 0) is 9.53 Å². The lowest BCUT2D eigenvalue weighted by Gasteiger charge is -2.17. The van der Waals surface area contributed by atoms with Crippen molar-refractivity contribution in [2.45, 2.75) is 32.0 Å². The van der Waals surface area contributed by atoms with E-state index in [4.69, 9.17) is 9.47 Å². The molecule has 0 spiro atoms. The molecule has 1 aliphatic heterocycles. The molecule has 4 rings (SSSR count). The Hall–Kier alpha value is -3.38. The zero-order chi connectivity index (χ0) is 21.6. The van der Waals surface area contributed by atoms with Gasteiger partial charge in [-0.2, -0.15) is 0 Å². The van der Waals surface area contributed by atoms with E-state index in [1.807, 2.05) is 42.5 Å². The molecule has 6 heteroatoms. The zero-order valence-electron chi connectivity index (χ0n) is 17.5. The number of amides is 2. The fourth-order valence-corrected chi connectivity index (χ4v) is 3.63. The van der Waals surface area contributed by atoms with Gasteiger partial charge in [0, 0.05) is 13.2 Å². The van der Waals surface area contributed by atoms with Gasteiger partial charge >= 0.3 is 0 Å². The molecule has 160 valence electrons. The van der Waals surface area contributed by atoms with Crippen molar-refractivity contribution in [2.24, 2.45) is 0 Å². The number of carbonyl (C=O) groups is 2. The van der Waals surface area contributed by atoms with E-state index in [0.29, 0.717) is 23.5 Å². The van der Waals surface area contributed by atoms with E-state index < -0.39 is 6.10 Å². The molecular weight excluding hydrogens is 392 g/mol. The van der Waals surface area contributed by atoms with Crippen LogP contribution >= 0.6 is 0 Å². The van der Waals surface area contributed by atoms with Crippen molar-refractivity contribution in [2.75, 3.05) is 18.5 Å². The van der Waals surface area contributed by atoms with Crippen LogP contribution in [0.5, 0.6) is 5.75 Å². The normalized spacial score (nSPS) is 16.6. The first-order valence-electron chi connectivity index (χ1n) is 10.6. The second-order valence-corrected chi connectivity index (χ2v) is 7.65. The Balaban J connectivity index is 1.39. The molecule has 1 fully saturated rings. The lowest BCUT2D eigenvalue weighted by atomic mass is 10.1. The van der Waals surface area contributed by atoms with Gasteiger partial charge in [0.15, 0.2) is 6.10 Å². The average Bonchev–Trinajstić information content (AvgIpc) is 3.31. The second kappa shape index (κ2) is 9.62. The molecular formula is C25H26N2O4. The molecule has 0 aliphatic carbocycles. The van der Waals surface area contributed by atoms with Crippen molar-refractivity contribution in [1.82, 2.24) is 5.32 Å². The molecule has 1 heterocycles. The summed E-state index contributed by atoms with van der Waals surface area (Å²) in [6.45, 7) is 2.88. The highest BCUT2D eigenvalue weighted by atomic mass is 16.5. The maximum Gasteiger partial charge on any atom is 0.265 e. The first kappa shape index (κ1) is 20.9. The number of hydrogen-bond acceptors (Lipinski definition) is 4. The third kappa shape index (κ3) is 5.22. The Kier molecular flexibility index (Phi) is 6.48. The SMILES string of the molecule is C[C@H](Oc1ccc2ccccc2c1)C(=O)Nc1ccccc1C(=O)NC[C@@H]1CCCO1. The Labute approximate surface area is 181 Å². The molecule has 2 N–H and O–H groups in total. The number of hydrogen-bond donors (Lipinski definition) is 2. The number of fused-ring (bicyclic) bond motifs is 1. The van der Waals surface area contributed by atoms with Crippen LogP contribution in [0, 0.1) is 0 Å². The summed E-state index contributed by atoms with van der Waals surface area (Å²) in [4.78, 5) is 25.4. The van der Waals surface area contributed by atoms with Crippen molar-refractivity contribution >= 4 is 28.3 Å². The minimum absolute atomic E-state index is 0.0566. The Bertz CT molecular complexity index is 1080. The van der Waals surface area contributed by atoms with Crippen LogP contribution < -0.4 is 15.4 Å². The van der Waals surface area contributed by atoms with Crippen molar-refractivity contribution in [3.8, 4) is 5.75 Å². The van der Waals surface area contributed by atoms with Crippen LogP contribution in [0.2, 0.25) is 0 Å². The Morgan fingerprint density at radius 2 is 1.84 bits per heavy atom. The van der Waals surface area contributed by atoms with Gasteiger partial charge in [0.1, 0.15) is 5.75 Å². The van der Waals surface area contributed by atoms with Crippen LogP contribution in [0.25, 0.3) is 10.8 Å². The zero-order valence-corrected chi connectivity index (χ0v) is 17.5. The van der Waals surface area contributed by atoms with E-state index >= 15 is 0 Å². The van der Waals surface area contributed by atoms with Crippen molar-refractivity contribution in [3.05, 3.63) is 72.3 Å². The molecule has 6 nitrogen and oxygen atoms in total. The minimum Gasteiger partial charge on any atom is -0.481 e. The van der Waals surface area contributed by atoms with Gasteiger partial charge in [0.25, 0.3) is 11.8 Å². The molecule has 2 amide bonds. The number of benzene rings is 3. The van der Waals surface area contributed by atoms with Crippen LogP contribution in [0.4, 0.5) is 5.69 Å². The van der Waals surface area contributed by atoms with E-state index in [-0.39, 0.29) is 17.9 Å². The summed E-state index contributed by atoms with van der Waals surface area (Å²) in [7, 11) is 0. The van der Waals surface area contributed by atoms with Crippen LogP contribution in [0.15, 0.2) is 66.7 Å². The maximum absolute atomic E-state index is 12.7. The smallest absolute Gasteiger partial charge is 0.265 e. The largest absolute Gasteiger partial charge is 0.481 e. The van der Waals surface area contributed by atoms with Gasteiger partial charge in [-0.15, -0.1) is 0 Å². The van der Waals surface area contributed by atoms with Crippen molar-refractivity contribution < 1.29 is 19.1 Å². The summed E-state index contributed by atoms with van der Waals surface area (Å²) in [6, 6.07) is 20.6. The number of anilines is 1. The maximum atomic E-state index is 12.7. The number of rotatable bonds is 7. The summed E-state index contributed by atoms with van der Waals surface area (Å²) < 4.78 is 11.4. The molecule has 1 aliphatic rings. The monoisotopic (exact) mass is 418 g/mol. The highest BCUT2D eigenvalue weighted by Crippen LogP contribution is 2.22. The summed E-state index contributed by atoms with van der Waals surface area (Å²) in [5, 5.41) is 7.86. The molecule has 0 aromatic heterocycles. The topological polar surface area (TPSA) is 76.7 Å². The van der Waals surface area contributed by atoms with Gasteiger partial charge < -0.3 is 20.1 Å². The van der Waals surface area contributed by atoms with E-state index in [2.05, 4.69) is 10.6 Å². The summed E-state index contributed by atoms with van der Waals surface area (Å²) >= 11 is 0. The lowest BCUT2D eigenvalue weighted by Crippen LogP contribution is -2.34. The molecule has 3 aromatic carbocycles. The van der Waals surface area contributed by atoms with Gasteiger partial charge in [0.2, 0.25) is 0 Å². The molecule has 1 saturated heterocycles. The number of ether oxygens (including phenoxy) is 2. The second-order valence-electron chi connectivity index (χ2n) is 7.65. The minimum atomic E-state index is -0.732. The van der Waals surface area contributed by atoms with Gasteiger partial charge in [-0.3, -0.25) is 9.59 Å². The highest BCUT2D eigenvalue weighted by Gasteiger charge is 2.20. The summed E-state index contributed by atoms with van der Waals surface area (Å²) in [5.41, 5.74) is 0.859. The fourth-order valence-electron chi connectivity index (χ4n) is 3.63. The van der Waals surface area contributed by atoms with Crippen molar-refractivity contribution in [3.63, 3.8) is 0 Å². The standard InChI is InChI=1S/C25H26N2O4/c1-17(31-20-13-12-18-7-2-3-8-19(18)15-20)24(28)27-23-11-5-4-10-22(23)25(29)26-16-21-9-6-14-30-21/h2-5,7-8,10-13,15,17,21H,6,9,14,16H2,1H3,(H,26,29)(H,27,28)/t17-,21-/m0/s1. The summed E-state index contributed by atoms with van der Waals surface area (Å²) in [5.74, 6) is 0.0472. The average molecular weight is 418 g/mol. The first-order valence-corrected chi connectivity index (χ1v) is 10.6. The van der Waals surface area contributed by atoms with Crippen LogP contribution in [0.1, 0.15) is 30.1 Å². The van der Waals surface area contributed by atoms with E-state index in [0.717, 1.165) is 30.2 Å². The van der Waals surface area contributed by atoms with Crippen LogP contribution in [0.3, 0.4) is 0 Å². The predicted molar refractivity (Wildman–Crippen MR) is 120 cm³/mol. The molecule has 3 aromatic rings. The Morgan fingerprint density at radius 1 is 1.06 bits per heavy atom. The molecule has 31 heavy (non-hydrogen) atoms. The van der Waals surface area contributed by atoms with Gasteiger partial charge in [0.05, 0.1) is 17.4 Å². The van der Waals surface area contributed by atoms with Gasteiger partial charge in [-0.1, -0.05) is 42.5 Å². The highest BCUT2D eigenvalue weighted by molar-refractivity contribution is 6.04. The van der Waals surface area contributed by atoms with Gasteiger partial charge in [-0.05, 0) is 54.8 Å². The quantitative estimate of drug-likeness (QED) is 0.604. The number of para-hydroxylation sites is 1. The van der Waals surface area contributed by atoms with E-state index in [9.17, 15) is 9.59 Å². The van der Waals surface area contributed by atoms with E-state index in [1.54, 1.807) is 31.2 Å². The number of nitrogens with one attached hydrogen (secondary N) is 2. The van der Waals surface area contributed by atoms with Crippen molar-refractivity contribution in [1.29, 1.82) is 0 Å². The number of carbonyl (C=O) groups excluding carboxylic acids is 2. The predicted octanol–water partition coefficient (Wildman–Crippen LogP) is 4.15. The Morgan fingerprint density at radius 3 is 2.65 bits per heavy atom.